The predicted octanol–water partition coefficient (Wildman–Crippen LogP) is 3.89. The fourth-order valence-electron chi connectivity index (χ4n) is 2.26. The third-order valence-corrected chi connectivity index (χ3v) is 4.35. The second kappa shape index (κ2) is 7.83. The summed E-state index contributed by atoms with van der Waals surface area (Å²) in [7, 11) is 0. The molecule has 0 aromatic heterocycles. The average molecular weight is 369 g/mol. The number of nitro benzene ring substituents is 1. The molecule has 0 aliphatic carbocycles. The molecule has 8 heteroatoms. The van der Waals surface area contributed by atoms with Gasteiger partial charge in [-0.05, 0) is 54.6 Å². The number of carbonyl (C=O) groups excluding carboxylic acids is 1. The number of amides is 1. The van der Waals surface area contributed by atoms with E-state index in [9.17, 15) is 14.9 Å². The number of amidine groups is 1. The molecule has 0 spiro atoms. The highest BCUT2D eigenvalue weighted by atomic mass is 32.2. The topological polar surface area (TPSA) is 93.8 Å². The number of nitrogens with zero attached hydrogens (tertiary/aromatic N) is 2. The summed E-state index contributed by atoms with van der Waals surface area (Å²) < 4.78 is 5.53. The molecule has 2 aromatic rings. The van der Waals surface area contributed by atoms with Crippen molar-refractivity contribution in [1.29, 1.82) is 0 Å². The second-order valence-electron chi connectivity index (χ2n) is 5.23. The molecule has 1 aliphatic heterocycles. The molecule has 0 saturated carbocycles. The first-order chi connectivity index (χ1) is 12.6. The number of thioether (sulfide) groups is 1. The Kier molecular flexibility index (Phi) is 5.33. The molecular weight excluding hydrogens is 354 g/mol. The molecule has 132 valence electrons. The quantitative estimate of drug-likeness (QED) is 0.490. The van der Waals surface area contributed by atoms with E-state index in [2.05, 4.69) is 10.3 Å². The molecule has 0 bridgehead atoms. The maximum absolute atomic E-state index is 12.1. The number of ether oxygens (including phenoxy) is 1. The van der Waals surface area contributed by atoms with Crippen LogP contribution in [0.4, 0.5) is 11.4 Å². The minimum atomic E-state index is -0.464. The number of nitrogens with one attached hydrogen (secondary N) is 1. The van der Waals surface area contributed by atoms with Gasteiger partial charge in [-0.25, -0.2) is 4.99 Å². The zero-order valence-electron chi connectivity index (χ0n) is 13.8. The van der Waals surface area contributed by atoms with E-state index in [4.69, 9.17) is 4.74 Å². The van der Waals surface area contributed by atoms with Gasteiger partial charge in [-0.15, -0.1) is 0 Å². The first-order valence-electron chi connectivity index (χ1n) is 7.82. The lowest BCUT2D eigenvalue weighted by Gasteiger charge is -2.06. The van der Waals surface area contributed by atoms with Crippen LogP contribution in [0.25, 0.3) is 6.08 Å². The van der Waals surface area contributed by atoms with Crippen molar-refractivity contribution in [3.05, 3.63) is 69.1 Å². The lowest BCUT2D eigenvalue weighted by atomic mass is 10.2. The Balaban J connectivity index is 1.81. The van der Waals surface area contributed by atoms with Gasteiger partial charge in [0.2, 0.25) is 0 Å². The Bertz CT molecular complexity index is 907. The van der Waals surface area contributed by atoms with E-state index in [0.29, 0.717) is 33.7 Å². The maximum atomic E-state index is 12.1. The number of hydrogen-bond donors (Lipinski definition) is 1. The minimum Gasteiger partial charge on any atom is -0.492 e. The molecule has 1 aliphatic rings. The summed E-state index contributed by atoms with van der Waals surface area (Å²) in [5.41, 5.74) is 1.34. The second-order valence-corrected chi connectivity index (χ2v) is 6.26. The van der Waals surface area contributed by atoms with Crippen molar-refractivity contribution in [2.45, 2.75) is 6.92 Å². The van der Waals surface area contributed by atoms with Gasteiger partial charge in [-0.2, -0.15) is 0 Å². The Morgan fingerprint density at radius 3 is 2.65 bits per heavy atom. The summed E-state index contributed by atoms with van der Waals surface area (Å²) in [5.74, 6) is 0.381. The van der Waals surface area contributed by atoms with Gasteiger partial charge in [0.1, 0.15) is 11.4 Å². The van der Waals surface area contributed by atoms with Gasteiger partial charge in [0, 0.05) is 12.1 Å². The van der Waals surface area contributed by atoms with Crippen LogP contribution in [0.5, 0.6) is 5.75 Å². The monoisotopic (exact) mass is 369 g/mol. The summed E-state index contributed by atoms with van der Waals surface area (Å²) in [6, 6.07) is 13.3. The summed E-state index contributed by atoms with van der Waals surface area (Å²) in [4.78, 5) is 27.3. The lowest BCUT2D eigenvalue weighted by molar-refractivity contribution is -0.384. The van der Waals surface area contributed by atoms with E-state index < -0.39 is 4.92 Å². The first kappa shape index (κ1) is 17.7. The molecule has 0 radical (unpaired) electrons. The normalized spacial score (nSPS) is 16.7. The van der Waals surface area contributed by atoms with Crippen molar-refractivity contribution in [2.24, 2.45) is 4.99 Å². The Morgan fingerprint density at radius 2 is 1.96 bits per heavy atom. The molecule has 0 atom stereocenters. The molecule has 1 amide bonds. The molecule has 3 rings (SSSR count). The van der Waals surface area contributed by atoms with Crippen molar-refractivity contribution >= 4 is 40.3 Å². The number of benzene rings is 2. The number of para-hydroxylation sites is 2. The molecule has 0 unspecified atom stereocenters. The summed E-state index contributed by atoms with van der Waals surface area (Å²) in [5, 5.41) is 13.9. The van der Waals surface area contributed by atoms with Crippen molar-refractivity contribution in [3.63, 3.8) is 0 Å². The largest absolute Gasteiger partial charge is 0.492 e. The zero-order valence-corrected chi connectivity index (χ0v) is 14.7. The molecule has 2 aromatic carbocycles. The van der Waals surface area contributed by atoms with Gasteiger partial charge in [-0.1, -0.05) is 12.1 Å². The molecule has 26 heavy (non-hydrogen) atoms. The number of non-ortho nitro benzene ring substituents is 1. The third-order valence-electron chi connectivity index (χ3n) is 3.44. The highest BCUT2D eigenvalue weighted by Gasteiger charge is 2.24. The van der Waals surface area contributed by atoms with Gasteiger partial charge in [-0.3, -0.25) is 14.9 Å². The van der Waals surface area contributed by atoms with Crippen LogP contribution in [0.2, 0.25) is 0 Å². The number of carbonyl (C=O) groups is 1. The lowest BCUT2D eigenvalue weighted by Crippen LogP contribution is -2.19. The van der Waals surface area contributed by atoms with E-state index >= 15 is 0 Å². The molecular formula is C18H15N3O4S. The first-order valence-corrected chi connectivity index (χ1v) is 8.64. The van der Waals surface area contributed by atoms with Crippen LogP contribution < -0.4 is 10.1 Å². The van der Waals surface area contributed by atoms with Gasteiger partial charge in [0.15, 0.2) is 5.17 Å². The molecule has 1 N–H and O–H groups in total. The standard InChI is InChI=1S/C18H15N3O4S/c1-2-25-15-6-4-3-5-14(15)19-18-20-17(22)16(26-18)11-12-7-9-13(10-8-12)21(23)24/h3-11H,2H2,1H3,(H,19,20,22)/b16-11-. The van der Waals surface area contributed by atoms with Crippen molar-refractivity contribution in [1.82, 2.24) is 5.32 Å². The SMILES string of the molecule is CCOc1ccccc1N=C1NC(=O)/C(=C/c2ccc([N+](=O)[O-])cc2)S1. The average Bonchev–Trinajstić information content (AvgIpc) is 2.96. The van der Waals surface area contributed by atoms with E-state index in [1.165, 1.54) is 23.9 Å². The van der Waals surface area contributed by atoms with Crippen LogP contribution >= 0.6 is 11.8 Å². The van der Waals surface area contributed by atoms with Gasteiger partial charge >= 0.3 is 0 Å². The fraction of sp³-hybridized carbons (Fsp3) is 0.111. The maximum Gasteiger partial charge on any atom is 0.269 e. The van der Waals surface area contributed by atoms with Crippen LogP contribution in [0.1, 0.15) is 12.5 Å². The molecule has 1 heterocycles. The van der Waals surface area contributed by atoms with E-state index in [-0.39, 0.29) is 11.6 Å². The predicted molar refractivity (Wildman–Crippen MR) is 102 cm³/mol. The van der Waals surface area contributed by atoms with Crippen molar-refractivity contribution in [2.75, 3.05) is 6.61 Å². The Labute approximate surface area is 153 Å². The Hall–Kier alpha value is -3.13. The molecule has 7 nitrogen and oxygen atoms in total. The van der Waals surface area contributed by atoms with Gasteiger partial charge in [0.25, 0.3) is 11.6 Å². The number of aliphatic imine (C=N–C) groups is 1. The van der Waals surface area contributed by atoms with Gasteiger partial charge < -0.3 is 10.1 Å². The van der Waals surface area contributed by atoms with Crippen molar-refractivity contribution in [3.8, 4) is 5.75 Å². The van der Waals surface area contributed by atoms with Crippen LogP contribution in [0.15, 0.2) is 58.4 Å². The van der Waals surface area contributed by atoms with E-state index in [0.717, 1.165) is 0 Å². The number of hydrogen-bond acceptors (Lipinski definition) is 6. The Morgan fingerprint density at radius 1 is 1.23 bits per heavy atom. The van der Waals surface area contributed by atoms with Crippen LogP contribution in [0, 0.1) is 10.1 Å². The molecule has 1 saturated heterocycles. The zero-order chi connectivity index (χ0) is 18.5. The molecule has 1 fully saturated rings. The van der Waals surface area contributed by atoms with Gasteiger partial charge in [0.05, 0.1) is 16.4 Å². The highest BCUT2D eigenvalue weighted by molar-refractivity contribution is 8.18. The van der Waals surface area contributed by atoms with Crippen LogP contribution in [0.3, 0.4) is 0 Å². The summed E-state index contributed by atoms with van der Waals surface area (Å²) in [6.45, 7) is 2.41. The van der Waals surface area contributed by atoms with Crippen molar-refractivity contribution < 1.29 is 14.5 Å². The minimum absolute atomic E-state index is 0.00505. The van der Waals surface area contributed by atoms with E-state index in [1.807, 2.05) is 31.2 Å². The van der Waals surface area contributed by atoms with Crippen LogP contribution in [-0.2, 0) is 4.79 Å². The third kappa shape index (κ3) is 4.09. The highest BCUT2D eigenvalue weighted by Crippen LogP contribution is 2.32. The smallest absolute Gasteiger partial charge is 0.269 e. The fourth-order valence-corrected chi connectivity index (χ4v) is 3.10. The number of rotatable bonds is 5. The van der Waals surface area contributed by atoms with E-state index in [1.54, 1.807) is 18.2 Å². The van der Waals surface area contributed by atoms with Crippen LogP contribution in [-0.4, -0.2) is 22.6 Å². The summed E-state index contributed by atoms with van der Waals surface area (Å²) >= 11 is 1.21. The summed E-state index contributed by atoms with van der Waals surface area (Å²) in [6.07, 6.45) is 1.67. The number of nitro groups is 1.